The van der Waals surface area contributed by atoms with Crippen molar-refractivity contribution in [2.45, 2.75) is 44.6 Å². The molecule has 2 nitrogen and oxygen atoms in total. The highest BCUT2D eigenvalue weighted by Gasteiger charge is 2.51. The Morgan fingerprint density at radius 3 is 2.71 bits per heavy atom. The molecule has 3 aliphatic rings. The second kappa shape index (κ2) is 6.10. The van der Waals surface area contributed by atoms with Gasteiger partial charge in [-0.25, -0.2) is 0 Å². The number of hydrogen-bond acceptors (Lipinski definition) is 2. The van der Waals surface area contributed by atoms with Crippen LogP contribution < -0.4 is 10.6 Å². The van der Waals surface area contributed by atoms with Crippen molar-refractivity contribution in [3.8, 4) is 0 Å². The second-order valence-electron chi connectivity index (χ2n) is 7.31. The lowest BCUT2D eigenvalue weighted by atomic mass is 9.88. The number of aryl methyl sites for hydroxylation is 1. The molecular formula is C19H28N2. The lowest BCUT2D eigenvalue weighted by Gasteiger charge is -2.25. The highest BCUT2D eigenvalue weighted by atomic mass is 15.0. The molecule has 114 valence electrons. The smallest absolute Gasteiger partial charge is 0.0111 e. The van der Waals surface area contributed by atoms with E-state index < -0.39 is 0 Å². The minimum atomic E-state index is 0.712. The Balaban J connectivity index is 1.12. The Labute approximate surface area is 128 Å². The maximum Gasteiger partial charge on any atom is 0.0111 e. The van der Waals surface area contributed by atoms with Crippen LogP contribution in [-0.2, 0) is 12.8 Å². The summed E-state index contributed by atoms with van der Waals surface area (Å²) in [5.41, 5.74) is 3.14. The molecule has 0 bridgehead atoms. The molecule has 1 saturated carbocycles. The summed E-state index contributed by atoms with van der Waals surface area (Å²) in [5, 5.41) is 7.29. The zero-order valence-electron chi connectivity index (χ0n) is 13.0. The van der Waals surface area contributed by atoms with Crippen molar-refractivity contribution < 1.29 is 0 Å². The van der Waals surface area contributed by atoms with Gasteiger partial charge in [0.2, 0.25) is 0 Å². The summed E-state index contributed by atoms with van der Waals surface area (Å²) in [6, 6.07) is 9.68. The zero-order valence-corrected chi connectivity index (χ0v) is 13.0. The number of unbranched alkanes of at least 4 members (excludes halogenated alkanes) is 1. The van der Waals surface area contributed by atoms with Crippen LogP contribution in [0.5, 0.6) is 0 Å². The fourth-order valence-electron chi connectivity index (χ4n) is 4.66. The van der Waals surface area contributed by atoms with E-state index in [9.17, 15) is 0 Å². The van der Waals surface area contributed by atoms with Crippen molar-refractivity contribution in [3.05, 3.63) is 35.4 Å². The molecule has 0 amide bonds. The largest absolute Gasteiger partial charge is 0.316 e. The minimum Gasteiger partial charge on any atom is -0.316 e. The predicted octanol–water partition coefficient (Wildman–Crippen LogP) is 2.77. The van der Waals surface area contributed by atoms with Crippen molar-refractivity contribution in [3.63, 3.8) is 0 Å². The molecule has 2 heteroatoms. The van der Waals surface area contributed by atoms with Crippen LogP contribution in [0, 0.1) is 17.8 Å². The summed E-state index contributed by atoms with van der Waals surface area (Å²) >= 11 is 0. The fraction of sp³-hybridized carbons (Fsp3) is 0.684. The first-order chi connectivity index (χ1) is 10.4. The number of benzene rings is 1. The summed E-state index contributed by atoms with van der Waals surface area (Å²) in [4.78, 5) is 0. The van der Waals surface area contributed by atoms with E-state index in [1.54, 1.807) is 11.1 Å². The van der Waals surface area contributed by atoms with Crippen molar-refractivity contribution in [2.24, 2.45) is 17.8 Å². The van der Waals surface area contributed by atoms with E-state index in [2.05, 4.69) is 34.9 Å². The van der Waals surface area contributed by atoms with E-state index >= 15 is 0 Å². The molecule has 2 fully saturated rings. The third-order valence-corrected chi connectivity index (χ3v) is 6.01. The molecule has 0 radical (unpaired) electrons. The van der Waals surface area contributed by atoms with Crippen molar-refractivity contribution in [1.29, 1.82) is 0 Å². The van der Waals surface area contributed by atoms with Crippen LogP contribution in [-0.4, -0.2) is 25.7 Å². The number of hydrogen-bond donors (Lipinski definition) is 2. The minimum absolute atomic E-state index is 0.712. The lowest BCUT2D eigenvalue weighted by Crippen LogP contribution is -2.35. The molecule has 1 heterocycles. The average molecular weight is 284 g/mol. The van der Waals surface area contributed by atoms with Gasteiger partial charge in [0.15, 0.2) is 0 Å². The quantitative estimate of drug-likeness (QED) is 0.785. The third kappa shape index (κ3) is 3.02. The molecule has 0 aromatic heterocycles. The monoisotopic (exact) mass is 284 g/mol. The van der Waals surface area contributed by atoms with Gasteiger partial charge < -0.3 is 10.6 Å². The van der Waals surface area contributed by atoms with Crippen LogP contribution in [0.1, 0.15) is 36.8 Å². The van der Waals surface area contributed by atoms with Gasteiger partial charge in [-0.3, -0.25) is 0 Å². The highest BCUT2D eigenvalue weighted by molar-refractivity contribution is 5.30. The van der Waals surface area contributed by atoms with E-state index in [4.69, 9.17) is 0 Å². The van der Waals surface area contributed by atoms with Crippen LogP contribution in [0.4, 0.5) is 0 Å². The summed E-state index contributed by atoms with van der Waals surface area (Å²) in [6.45, 7) is 3.82. The average Bonchev–Trinajstić information content (AvgIpc) is 2.95. The number of rotatable bonds is 6. The van der Waals surface area contributed by atoms with Gasteiger partial charge in [0, 0.05) is 6.04 Å². The van der Waals surface area contributed by atoms with Crippen LogP contribution >= 0.6 is 0 Å². The maximum atomic E-state index is 3.79. The molecule has 1 saturated heterocycles. The van der Waals surface area contributed by atoms with Gasteiger partial charge in [0.05, 0.1) is 0 Å². The Bertz CT molecular complexity index is 474. The molecule has 1 aromatic rings. The van der Waals surface area contributed by atoms with E-state index in [-0.39, 0.29) is 0 Å². The Morgan fingerprint density at radius 2 is 1.86 bits per heavy atom. The first-order valence-electron chi connectivity index (χ1n) is 8.93. The van der Waals surface area contributed by atoms with Gasteiger partial charge in [-0.15, -0.1) is 0 Å². The summed E-state index contributed by atoms with van der Waals surface area (Å²) in [7, 11) is 0. The van der Waals surface area contributed by atoms with E-state index in [0.29, 0.717) is 6.04 Å². The lowest BCUT2D eigenvalue weighted by molar-refractivity contribution is 0.441. The first kappa shape index (κ1) is 13.8. The SMILES string of the molecule is c1ccc2c(c1)CCC(NCCCCC1C3CNCC13)C2. The van der Waals surface area contributed by atoms with Gasteiger partial charge in [0.25, 0.3) is 0 Å². The van der Waals surface area contributed by atoms with Crippen molar-refractivity contribution in [2.75, 3.05) is 19.6 Å². The van der Waals surface area contributed by atoms with Crippen LogP contribution in [0.15, 0.2) is 24.3 Å². The first-order valence-corrected chi connectivity index (χ1v) is 8.93. The molecule has 3 atom stereocenters. The molecule has 0 spiro atoms. The second-order valence-corrected chi connectivity index (χ2v) is 7.31. The maximum absolute atomic E-state index is 3.79. The van der Waals surface area contributed by atoms with Crippen LogP contribution in [0.25, 0.3) is 0 Å². The van der Waals surface area contributed by atoms with Crippen LogP contribution in [0.3, 0.4) is 0 Å². The molecule has 21 heavy (non-hydrogen) atoms. The van der Waals surface area contributed by atoms with Crippen LogP contribution in [0.2, 0.25) is 0 Å². The van der Waals surface area contributed by atoms with E-state index in [0.717, 1.165) is 17.8 Å². The normalized spacial score (nSPS) is 33.5. The van der Waals surface area contributed by atoms with Gasteiger partial charge >= 0.3 is 0 Å². The predicted molar refractivity (Wildman–Crippen MR) is 87.4 cm³/mol. The topological polar surface area (TPSA) is 24.1 Å². The Hall–Kier alpha value is -0.860. The summed E-state index contributed by atoms with van der Waals surface area (Å²) in [5.74, 6) is 3.17. The molecule has 2 aliphatic carbocycles. The summed E-state index contributed by atoms with van der Waals surface area (Å²) in [6.07, 6.45) is 8.07. The zero-order chi connectivity index (χ0) is 14.1. The van der Waals surface area contributed by atoms with Gasteiger partial charge in [0.1, 0.15) is 0 Å². The molecule has 3 unspecified atom stereocenters. The van der Waals surface area contributed by atoms with Crippen molar-refractivity contribution in [1.82, 2.24) is 10.6 Å². The highest BCUT2D eigenvalue weighted by Crippen LogP contribution is 2.51. The van der Waals surface area contributed by atoms with Gasteiger partial charge in [-0.05, 0) is 80.6 Å². The number of piperidine rings is 1. The molecule has 1 aliphatic heterocycles. The molecular weight excluding hydrogens is 256 g/mol. The van der Waals surface area contributed by atoms with Gasteiger partial charge in [-0.1, -0.05) is 30.7 Å². The Morgan fingerprint density at radius 1 is 1.05 bits per heavy atom. The number of fused-ring (bicyclic) bond motifs is 2. The fourth-order valence-corrected chi connectivity index (χ4v) is 4.66. The van der Waals surface area contributed by atoms with Crippen molar-refractivity contribution >= 4 is 0 Å². The standard InChI is InChI=1S/C19H28N2/c1-2-6-15-11-16(9-8-14(15)5-1)21-10-4-3-7-17-18-12-20-13-19(17)18/h1-2,5-6,16-21H,3-4,7-13H2. The van der Waals surface area contributed by atoms with Gasteiger partial charge in [-0.2, -0.15) is 0 Å². The van der Waals surface area contributed by atoms with E-state index in [1.807, 2.05) is 0 Å². The Kier molecular flexibility index (Phi) is 4.00. The third-order valence-electron chi connectivity index (χ3n) is 6.01. The molecule has 4 rings (SSSR count). The molecule has 2 N–H and O–H groups in total. The summed E-state index contributed by atoms with van der Waals surface area (Å²) < 4.78 is 0. The molecule has 1 aromatic carbocycles. The number of nitrogens with one attached hydrogen (secondary N) is 2. The van der Waals surface area contributed by atoms with E-state index in [1.165, 1.54) is 58.2 Å².